The quantitative estimate of drug-likeness (QED) is 0.495. The van der Waals surface area contributed by atoms with Gasteiger partial charge < -0.3 is 14.4 Å². The van der Waals surface area contributed by atoms with Crippen LogP contribution in [0.25, 0.3) is 6.08 Å². The zero-order chi connectivity index (χ0) is 20.5. The molecule has 0 N–H and O–H groups in total. The van der Waals surface area contributed by atoms with Crippen LogP contribution in [0, 0.1) is 0 Å². The van der Waals surface area contributed by atoms with Crippen LogP contribution in [0.4, 0.5) is 4.79 Å². The largest absolute Gasteiger partial charge is 0.461 e. The molecule has 1 rings (SSSR count). The predicted octanol–water partition coefficient (Wildman–Crippen LogP) is 2.52. The number of carbonyl (C=O) groups excluding carboxylic acids is 2. The zero-order valence-corrected chi connectivity index (χ0v) is 17.0. The van der Waals surface area contributed by atoms with Crippen LogP contribution in [0.5, 0.6) is 0 Å². The normalized spacial score (nSPS) is 12.0. The summed E-state index contributed by atoms with van der Waals surface area (Å²) >= 11 is 0. The lowest BCUT2D eigenvalue weighted by Crippen LogP contribution is -2.37. The van der Waals surface area contributed by atoms with Crippen LogP contribution in [-0.2, 0) is 24.1 Å². The summed E-state index contributed by atoms with van der Waals surface area (Å²) in [5.41, 5.74) is 0.193. The van der Waals surface area contributed by atoms with Crippen molar-refractivity contribution in [3.63, 3.8) is 0 Å². The molecule has 0 heterocycles. The molecule has 7 nitrogen and oxygen atoms in total. The van der Waals surface area contributed by atoms with E-state index in [1.165, 1.54) is 18.0 Å². The topological polar surface area (TPSA) is 90.0 Å². The van der Waals surface area contributed by atoms with Gasteiger partial charge in [0.1, 0.15) is 12.2 Å². The summed E-state index contributed by atoms with van der Waals surface area (Å²) in [5, 5.41) is 0. The molecule has 0 aliphatic heterocycles. The Balaban J connectivity index is 2.35. The highest BCUT2D eigenvalue weighted by Gasteiger charge is 2.21. The molecule has 0 atom stereocenters. The molecule has 0 saturated carbocycles. The molecule has 1 aromatic carbocycles. The third kappa shape index (κ3) is 10.4. The van der Waals surface area contributed by atoms with Gasteiger partial charge in [0.15, 0.2) is 9.84 Å². The summed E-state index contributed by atoms with van der Waals surface area (Å²) in [6, 6.07) is 9.20. The molecule has 1 aromatic rings. The van der Waals surface area contributed by atoms with Gasteiger partial charge in [0, 0.05) is 19.7 Å². The highest BCUT2D eigenvalue weighted by Crippen LogP contribution is 2.09. The number of nitrogens with zero attached hydrogens (tertiary/aromatic N) is 1. The Bertz CT molecular complexity index is 750. The van der Waals surface area contributed by atoms with Gasteiger partial charge in [-0.05, 0) is 32.4 Å². The summed E-state index contributed by atoms with van der Waals surface area (Å²) in [5.74, 6) is -1.15. The van der Waals surface area contributed by atoms with Crippen LogP contribution in [0.3, 0.4) is 0 Å². The fraction of sp³-hybridized carbons (Fsp3) is 0.474. The molecule has 0 radical (unpaired) electrons. The monoisotopic (exact) mass is 397 g/mol. The summed E-state index contributed by atoms with van der Waals surface area (Å²) in [4.78, 5) is 24.6. The highest BCUT2D eigenvalue weighted by molar-refractivity contribution is 7.91. The smallest absolute Gasteiger partial charge is 0.410 e. The minimum absolute atomic E-state index is 0.000890. The van der Waals surface area contributed by atoms with E-state index in [0.717, 1.165) is 5.56 Å². The van der Waals surface area contributed by atoms with E-state index in [1.54, 1.807) is 26.8 Å². The van der Waals surface area contributed by atoms with Crippen molar-refractivity contribution in [1.29, 1.82) is 0 Å². The minimum Gasteiger partial charge on any atom is -0.461 e. The number of ether oxygens (including phenoxy) is 2. The first-order valence-electron chi connectivity index (χ1n) is 8.53. The van der Waals surface area contributed by atoms with Crippen molar-refractivity contribution in [3.05, 3.63) is 42.0 Å². The van der Waals surface area contributed by atoms with E-state index in [4.69, 9.17) is 9.47 Å². The number of carbonyl (C=O) groups is 2. The Hall–Kier alpha value is -2.35. The molecule has 27 heavy (non-hydrogen) atoms. The molecular formula is C19H27NO6S. The van der Waals surface area contributed by atoms with Crippen LogP contribution in [-0.4, -0.2) is 62.7 Å². The van der Waals surface area contributed by atoms with Crippen molar-refractivity contribution in [3.8, 4) is 0 Å². The molecule has 0 spiro atoms. The van der Waals surface area contributed by atoms with Crippen LogP contribution in [0.15, 0.2) is 36.4 Å². The average molecular weight is 397 g/mol. The standard InChI is InChI=1S/C19H27NO6S/c1-19(2,3)26-18(22)20(4)12-14-27(23,24)15-13-25-17(21)11-10-16-8-6-5-7-9-16/h5-11H,12-15H2,1-4H3. The highest BCUT2D eigenvalue weighted by atomic mass is 32.2. The van der Waals surface area contributed by atoms with Crippen molar-refractivity contribution in [2.75, 3.05) is 31.7 Å². The number of amides is 1. The van der Waals surface area contributed by atoms with E-state index < -0.39 is 27.5 Å². The van der Waals surface area contributed by atoms with Crippen molar-refractivity contribution < 1.29 is 27.5 Å². The Morgan fingerprint density at radius 2 is 1.74 bits per heavy atom. The van der Waals surface area contributed by atoms with E-state index in [1.807, 2.05) is 30.3 Å². The second-order valence-corrected chi connectivity index (χ2v) is 9.27. The van der Waals surface area contributed by atoms with Gasteiger partial charge in [-0.3, -0.25) is 0 Å². The molecule has 0 aromatic heterocycles. The number of hydrogen-bond donors (Lipinski definition) is 0. The van der Waals surface area contributed by atoms with E-state index in [2.05, 4.69) is 0 Å². The maximum absolute atomic E-state index is 12.0. The summed E-state index contributed by atoms with van der Waals surface area (Å²) in [6.45, 7) is 4.96. The van der Waals surface area contributed by atoms with Gasteiger partial charge in [-0.25, -0.2) is 18.0 Å². The third-order valence-electron chi connectivity index (χ3n) is 3.29. The summed E-state index contributed by atoms with van der Waals surface area (Å²) in [7, 11) is -2.00. The van der Waals surface area contributed by atoms with Crippen LogP contribution >= 0.6 is 0 Å². The Morgan fingerprint density at radius 1 is 1.11 bits per heavy atom. The molecule has 0 bridgehead atoms. The van der Waals surface area contributed by atoms with Gasteiger partial charge in [-0.2, -0.15) is 0 Å². The molecule has 0 aliphatic rings. The molecule has 8 heteroatoms. The molecule has 0 saturated heterocycles. The Morgan fingerprint density at radius 3 is 2.33 bits per heavy atom. The molecule has 0 unspecified atom stereocenters. The van der Waals surface area contributed by atoms with Crippen LogP contribution in [0.1, 0.15) is 26.3 Å². The van der Waals surface area contributed by atoms with Crippen molar-refractivity contribution in [2.24, 2.45) is 0 Å². The lowest BCUT2D eigenvalue weighted by atomic mass is 10.2. The number of esters is 1. The third-order valence-corrected chi connectivity index (χ3v) is 4.89. The second-order valence-electron chi connectivity index (χ2n) is 6.97. The predicted molar refractivity (Wildman–Crippen MR) is 104 cm³/mol. The van der Waals surface area contributed by atoms with Gasteiger partial charge >= 0.3 is 12.1 Å². The van der Waals surface area contributed by atoms with Gasteiger partial charge in [-0.1, -0.05) is 30.3 Å². The lowest BCUT2D eigenvalue weighted by Gasteiger charge is -2.24. The van der Waals surface area contributed by atoms with Gasteiger partial charge in [0.2, 0.25) is 0 Å². The van der Waals surface area contributed by atoms with Gasteiger partial charge in [0.25, 0.3) is 0 Å². The Labute approximate surface area is 160 Å². The SMILES string of the molecule is CN(CCS(=O)(=O)CCOC(=O)C=Cc1ccccc1)C(=O)OC(C)(C)C. The molecule has 0 fully saturated rings. The maximum Gasteiger partial charge on any atom is 0.410 e. The van der Waals surface area contributed by atoms with Crippen molar-refractivity contribution in [2.45, 2.75) is 26.4 Å². The van der Waals surface area contributed by atoms with Gasteiger partial charge in [-0.15, -0.1) is 0 Å². The fourth-order valence-electron chi connectivity index (χ4n) is 1.85. The first-order valence-corrected chi connectivity index (χ1v) is 10.3. The lowest BCUT2D eigenvalue weighted by molar-refractivity contribution is -0.137. The number of hydrogen-bond acceptors (Lipinski definition) is 6. The second kappa shape index (κ2) is 10.1. The average Bonchev–Trinajstić information content (AvgIpc) is 2.57. The van der Waals surface area contributed by atoms with E-state index in [9.17, 15) is 18.0 Å². The summed E-state index contributed by atoms with van der Waals surface area (Å²) < 4.78 is 34.1. The van der Waals surface area contributed by atoms with Crippen molar-refractivity contribution in [1.82, 2.24) is 4.90 Å². The number of sulfone groups is 1. The number of rotatable bonds is 8. The van der Waals surface area contributed by atoms with Crippen molar-refractivity contribution >= 4 is 28.0 Å². The van der Waals surface area contributed by atoms with E-state index in [0.29, 0.717) is 0 Å². The molecule has 0 aliphatic carbocycles. The van der Waals surface area contributed by atoms with E-state index >= 15 is 0 Å². The zero-order valence-electron chi connectivity index (χ0n) is 16.2. The molecule has 1 amide bonds. The van der Waals surface area contributed by atoms with Crippen LogP contribution < -0.4 is 0 Å². The maximum atomic E-state index is 12.0. The molecule has 150 valence electrons. The fourth-order valence-corrected chi connectivity index (χ4v) is 2.95. The molecular weight excluding hydrogens is 370 g/mol. The van der Waals surface area contributed by atoms with Gasteiger partial charge in [0.05, 0.1) is 11.5 Å². The number of benzene rings is 1. The first kappa shape index (κ1) is 22.7. The van der Waals surface area contributed by atoms with Crippen LogP contribution in [0.2, 0.25) is 0 Å². The Kier molecular flexibility index (Phi) is 8.49. The van der Waals surface area contributed by atoms with E-state index in [-0.39, 0.29) is 24.7 Å². The first-order chi connectivity index (χ1) is 12.5. The summed E-state index contributed by atoms with van der Waals surface area (Å²) in [6.07, 6.45) is 2.25. The minimum atomic E-state index is -3.47.